The van der Waals surface area contributed by atoms with Crippen molar-refractivity contribution in [2.45, 2.75) is 57.6 Å². The van der Waals surface area contributed by atoms with Gasteiger partial charge in [-0.3, -0.25) is 4.79 Å². The first-order chi connectivity index (χ1) is 20.8. The van der Waals surface area contributed by atoms with Gasteiger partial charge in [0.2, 0.25) is 12.5 Å². The number of hydrogen-bond acceptors (Lipinski definition) is 11. The lowest BCUT2D eigenvalue weighted by atomic mass is 9.66. The van der Waals surface area contributed by atoms with Gasteiger partial charge in [0.25, 0.3) is 0 Å². The molecule has 232 valence electrons. The van der Waals surface area contributed by atoms with Crippen molar-refractivity contribution < 1.29 is 52.2 Å². The maximum absolute atomic E-state index is 13.6. The van der Waals surface area contributed by atoms with Gasteiger partial charge in [-0.05, 0) is 53.8 Å². The Hall–Kier alpha value is -3.25. The van der Waals surface area contributed by atoms with Gasteiger partial charge in [0.15, 0.2) is 35.6 Å². The summed E-state index contributed by atoms with van der Waals surface area (Å²) < 4.78 is 59.5. The van der Waals surface area contributed by atoms with E-state index in [0.29, 0.717) is 35.4 Å². The van der Waals surface area contributed by atoms with Crippen LogP contribution in [0.1, 0.15) is 49.5 Å². The Balaban J connectivity index is 1.32. The molecule has 5 aliphatic rings. The molecule has 6 unspecified atom stereocenters. The fourth-order valence-electron chi connectivity index (χ4n) is 7.36. The van der Waals surface area contributed by atoms with E-state index in [9.17, 15) is 4.79 Å². The zero-order valence-electron chi connectivity index (χ0n) is 25.2. The predicted molar refractivity (Wildman–Crippen MR) is 150 cm³/mol. The summed E-state index contributed by atoms with van der Waals surface area (Å²) in [6.07, 6.45) is -1.66. The van der Waals surface area contributed by atoms with Crippen molar-refractivity contribution in [1.82, 2.24) is 0 Å². The number of fused-ring (bicyclic) bond motifs is 4. The normalized spacial score (nSPS) is 35.8. The quantitative estimate of drug-likeness (QED) is 0.447. The molecule has 2 aromatic rings. The molecule has 7 rings (SSSR count). The van der Waals surface area contributed by atoms with Crippen LogP contribution < -0.4 is 23.7 Å². The van der Waals surface area contributed by atoms with E-state index in [1.807, 2.05) is 31.2 Å². The summed E-state index contributed by atoms with van der Waals surface area (Å²) in [7, 11) is 4.71. The van der Waals surface area contributed by atoms with E-state index < -0.39 is 24.2 Å². The van der Waals surface area contributed by atoms with Gasteiger partial charge in [-0.2, -0.15) is 0 Å². The number of ether oxygens (including phenoxy) is 10. The Labute approximate surface area is 250 Å². The highest BCUT2D eigenvalue weighted by molar-refractivity contribution is 5.79. The second-order valence-electron chi connectivity index (χ2n) is 11.9. The molecule has 0 radical (unpaired) electrons. The van der Waals surface area contributed by atoms with Crippen LogP contribution in [0.4, 0.5) is 0 Å². The Bertz CT molecular complexity index is 1370. The fraction of sp³-hybridized carbons (Fsp3) is 0.594. The molecule has 4 heterocycles. The molecule has 0 bridgehead atoms. The largest absolute Gasteiger partial charge is 0.493 e. The minimum absolute atomic E-state index is 0.0216. The van der Waals surface area contributed by atoms with Gasteiger partial charge < -0.3 is 47.4 Å². The van der Waals surface area contributed by atoms with Crippen molar-refractivity contribution in [3.8, 4) is 28.7 Å². The lowest BCUT2D eigenvalue weighted by Gasteiger charge is -2.49. The van der Waals surface area contributed by atoms with Crippen LogP contribution in [0, 0.1) is 23.7 Å². The molecule has 0 spiro atoms. The number of esters is 1. The summed E-state index contributed by atoms with van der Waals surface area (Å²) in [5, 5.41) is 0. The van der Waals surface area contributed by atoms with Crippen molar-refractivity contribution in [3.63, 3.8) is 0 Å². The van der Waals surface area contributed by atoms with Crippen LogP contribution >= 0.6 is 0 Å². The van der Waals surface area contributed by atoms with Crippen molar-refractivity contribution in [1.29, 1.82) is 0 Å². The van der Waals surface area contributed by atoms with E-state index in [-0.39, 0.29) is 55.6 Å². The van der Waals surface area contributed by atoms with Crippen molar-refractivity contribution in [3.05, 3.63) is 41.0 Å². The summed E-state index contributed by atoms with van der Waals surface area (Å²) in [6.45, 7) is 6.95. The monoisotopic (exact) mass is 598 g/mol. The first-order valence-corrected chi connectivity index (χ1v) is 14.8. The Kier molecular flexibility index (Phi) is 7.32. The van der Waals surface area contributed by atoms with E-state index in [1.165, 1.54) is 0 Å². The van der Waals surface area contributed by atoms with Crippen molar-refractivity contribution in [2.75, 3.05) is 41.3 Å². The smallest absolute Gasteiger partial charge is 0.310 e. The third-order valence-corrected chi connectivity index (χ3v) is 9.74. The molecule has 43 heavy (non-hydrogen) atoms. The Morgan fingerprint density at radius 2 is 1.49 bits per heavy atom. The summed E-state index contributed by atoms with van der Waals surface area (Å²) in [6, 6.07) is 7.71. The summed E-state index contributed by atoms with van der Waals surface area (Å²) in [5.41, 5.74) is 2.61. The van der Waals surface area contributed by atoms with Crippen LogP contribution in [-0.4, -0.2) is 72.1 Å². The number of benzene rings is 2. The second kappa shape index (κ2) is 11.0. The predicted octanol–water partition coefficient (Wildman–Crippen LogP) is 4.19. The van der Waals surface area contributed by atoms with Crippen LogP contribution in [0.3, 0.4) is 0 Å². The third kappa shape index (κ3) is 4.59. The van der Waals surface area contributed by atoms with Gasteiger partial charge in [-0.15, -0.1) is 0 Å². The van der Waals surface area contributed by atoms with E-state index in [2.05, 4.69) is 13.8 Å². The number of hydrogen-bond donors (Lipinski definition) is 0. The average Bonchev–Trinajstić information content (AvgIpc) is 3.64. The van der Waals surface area contributed by atoms with Gasteiger partial charge >= 0.3 is 5.97 Å². The molecule has 3 fully saturated rings. The molecule has 3 saturated heterocycles. The Morgan fingerprint density at radius 1 is 0.791 bits per heavy atom. The van der Waals surface area contributed by atoms with Gasteiger partial charge in [-0.25, -0.2) is 0 Å². The van der Waals surface area contributed by atoms with Crippen LogP contribution in [0.2, 0.25) is 0 Å². The number of carbonyl (C=O) groups excluding carboxylic acids is 1. The van der Waals surface area contributed by atoms with Gasteiger partial charge in [0, 0.05) is 17.8 Å². The molecule has 11 nitrogen and oxygen atoms in total. The highest BCUT2D eigenvalue weighted by Crippen LogP contribution is 2.57. The molecular weight excluding hydrogens is 560 g/mol. The standard InChI is InChI=1S/C32H38O11/c1-14-15(2)32(42-25-12-37-16(3)41-28(14)25)43-29-19-10-22-21(39-13-40-22)9-18(19)26(27-20(29)11-38-31(27)33)17-7-23(34-4)30(36-6)24(8-17)35-5/h7-10,14-16,20,25-29,32H,11-13H2,1-6H3/t14?,15?,16?,20-,25?,26+,27-,28?,29+,32?/m0/s1. The second-order valence-corrected chi connectivity index (χ2v) is 11.9. The first kappa shape index (κ1) is 28.5. The maximum atomic E-state index is 13.6. The number of cyclic esters (lactones) is 1. The summed E-state index contributed by atoms with van der Waals surface area (Å²) in [5.74, 6) is 1.41. The zero-order valence-corrected chi connectivity index (χ0v) is 25.2. The molecule has 0 aromatic heterocycles. The van der Waals surface area contributed by atoms with E-state index >= 15 is 0 Å². The van der Waals surface area contributed by atoms with Gasteiger partial charge in [0.1, 0.15) is 6.10 Å². The minimum atomic E-state index is -0.547. The lowest BCUT2D eigenvalue weighted by molar-refractivity contribution is -0.345. The highest BCUT2D eigenvalue weighted by Gasteiger charge is 2.55. The molecule has 10 atom stereocenters. The number of methoxy groups -OCH3 is 3. The molecule has 2 aromatic carbocycles. The molecule has 11 heteroatoms. The van der Waals surface area contributed by atoms with Crippen LogP contribution in [0.5, 0.6) is 28.7 Å². The molecule has 0 saturated carbocycles. The maximum Gasteiger partial charge on any atom is 0.310 e. The Morgan fingerprint density at radius 3 is 2.16 bits per heavy atom. The topological polar surface area (TPSA) is 109 Å². The summed E-state index contributed by atoms with van der Waals surface area (Å²) >= 11 is 0. The van der Waals surface area contributed by atoms with Crippen molar-refractivity contribution >= 4 is 5.97 Å². The molecule has 0 amide bonds. The third-order valence-electron chi connectivity index (χ3n) is 9.74. The number of rotatable bonds is 6. The minimum Gasteiger partial charge on any atom is -0.493 e. The molecule has 0 N–H and O–H groups in total. The van der Waals surface area contributed by atoms with Crippen molar-refractivity contribution in [2.24, 2.45) is 23.7 Å². The average molecular weight is 599 g/mol. The van der Waals surface area contributed by atoms with Gasteiger partial charge in [-0.1, -0.05) is 13.8 Å². The zero-order chi connectivity index (χ0) is 30.0. The summed E-state index contributed by atoms with van der Waals surface area (Å²) in [4.78, 5) is 13.6. The lowest BCUT2D eigenvalue weighted by Crippen LogP contribution is -2.57. The number of carbonyl (C=O) groups is 1. The van der Waals surface area contributed by atoms with Crippen LogP contribution in [0.25, 0.3) is 0 Å². The first-order valence-electron chi connectivity index (χ1n) is 14.8. The highest BCUT2D eigenvalue weighted by atomic mass is 16.7. The van der Waals surface area contributed by atoms with E-state index in [1.54, 1.807) is 21.3 Å². The molecular formula is C32H38O11. The van der Waals surface area contributed by atoms with Crippen LogP contribution in [0.15, 0.2) is 24.3 Å². The SMILES string of the molecule is COc1cc([C@@H]2c3cc4c(cc3[C@@H](OC3OC5COC(C)OC5C(C)C3C)[C@H]3COC(=O)[C@H]23)OCO4)cc(OC)c1OC. The molecule has 1 aliphatic carbocycles. The fourth-order valence-corrected chi connectivity index (χ4v) is 7.36. The van der Waals surface area contributed by atoms with Gasteiger partial charge in [0.05, 0.1) is 52.7 Å². The van der Waals surface area contributed by atoms with Crippen LogP contribution in [-0.2, 0) is 28.5 Å². The molecule has 4 aliphatic heterocycles. The van der Waals surface area contributed by atoms with E-state index in [0.717, 1.165) is 16.7 Å². The van der Waals surface area contributed by atoms with E-state index in [4.69, 9.17) is 47.4 Å².